The number of ether oxygens (including phenoxy) is 5. The number of fused-ring (bicyclic) bond motifs is 2. The fraction of sp³-hybridized carbons (Fsp3) is 0.625. The van der Waals surface area contributed by atoms with E-state index in [9.17, 15) is 25.1 Å². The van der Waals surface area contributed by atoms with Gasteiger partial charge in [-0.05, 0) is 67.7 Å². The average molecular weight is 708 g/mol. The van der Waals surface area contributed by atoms with Crippen LogP contribution in [0.2, 0.25) is 0 Å². The lowest BCUT2D eigenvalue weighted by molar-refractivity contribution is -0.384. The zero-order valence-corrected chi connectivity index (χ0v) is 30.4. The maximum atomic E-state index is 14.1. The maximum Gasteiger partial charge on any atom is 0.316 e. The van der Waals surface area contributed by atoms with Crippen LogP contribution >= 0.6 is 0 Å². The van der Waals surface area contributed by atoms with Crippen LogP contribution in [-0.2, 0) is 34.9 Å². The molecule has 0 saturated carbocycles. The molecule has 1 aliphatic carbocycles. The minimum Gasteiger partial charge on any atom is -0.462 e. The average Bonchev–Trinajstić information content (AvgIpc) is 3.44. The van der Waals surface area contributed by atoms with Gasteiger partial charge in [-0.2, -0.15) is 0 Å². The number of nitro groups is 1. The highest BCUT2D eigenvalue weighted by Crippen LogP contribution is 2.47. The number of allylic oxidation sites excluding steroid dienone is 2. The molecule has 0 aromatic heterocycles. The summed E-state index contributed by atoms with van der Waals surface area (Å²) in [7, 11) is 0. The number of rotatable bonds is 6. The summed E-state index contributed by atoms with van der Waals surface area (Å²) in [6, 6.07) is 6.52. The first-order valence-corrected chi connectivity index (χ1v) is 18.5. The monoisotopic (exact) mass is 707 g/mol. The minimum absolute atomic E-state index is 0.0281. The fourth-order valence-electron chi connectivity index (χ4n) is 8.54. The molecule has 278 valence electrons. The molecular formula is C40H53NO10. The van der Waals surface area contributed by atoms with E-state index in [0.29, 0.717) is 55.8 Å². The largest absolute Gasteiger partial charge is 0.462 e. The molecule has 1 spiro atoms. The van der Waals surface area contributed by atoms with Crippen LogP contribution in [0, 0.1) is 27.9 Å². The van der Waals surface area contributed by atoms with Crippen LogP contribution in [0.5, 0.6) is 0 Å². The smallest absolute Gasteiger partial charge is 0.316 e. The lowest BCUT2D eigenvalue weighted by atomic mass is 9.71. The van der Waals surface area contributed by atoms with E-state index in [1.54, 1.807) is 31.2 Å². The van der Waals surface area contributed by atoms with E-state index in [2.05, 4.69) is 26.8 Å². The quantitative estimate of drug-likeness (QED) is 0.155. The van der Waals surface area contributed by atoms with Gasteiger partial charge in [0.05, 0.1) is 36.4 Å². The molecule has 11 atom stereocenters. The summed E-state index contributed by atoms with van der Waals surface area (Å²) >= 11 is 0. The van der Waals surface area contributed by atoms with Gasteiger partial charge < -0.3 is 33.9 Å². The Morgan fingerprint density at radius 3 is 2.59 bits per heavy atom. The van der Waals surface area contributed by atoms with Gasteiger partial charge in [0.1, 0.15) is 29.8 Å². The standard InChI is InChI=1S/C40H53NO10/c1-6-34-24(2)16-18-39(51-34)22-32-21-31(50-39)15-10-26(4)36(47-19-17-28-11-13-30(14-12-28)41(45)46)25(3)8-7-9-29-23-48-37-35(42)27(5)20-33(38(43)49-32)40(29,37)44/h7-14,20,24-25,31-37,42,44H,6,15-19,21-23H2,1-5H3/b8-7+,26-10+,29-9+/t24-,25-,31+,32-,33-,34+,35+,36+,37+,39+,40+/m0/s1. The molecule has 5 aliphatic rings. The molecule has 11 nitrogen and oxygen atoms in total. The topological polar surface area (TPSA) is 147 Å². The van der Waals surface area contributed by atoms with Gasteiger partial charge in [-0.3, -0.25) is 14.9 Å². The number of aliphatic hydroxyl groups excluding tert-OH is 1. The Balaban J connectivity index is 1.32. The van der Waals surface area contributed by atoms with Crippen molar-refractivity contribution in [3.63, 3.8) is 0 Å². The SMILES string of the molecule is CC[C@H]1O[C@]2(CC[C@@H]1C)C[C@@H]1C[C@@H](C/C=C(\C)[C@H](OCCc3ccc([N+](=O)[O-])cc3)[C@@H](C)/C=C/C=C3\CO[C@@H]4[C@H](O)C(C)=C[C@@H](C(=O)O1)[C@]34O)O2. The summed E-state index contributed by atoms with van der Waals surface area (Å²) in [5.41, 5.74) is 1.27. The first kappa shape index (κ1) is 37.6. The molecule has 0 amide bonds. The van der Waals surface area contributed by atoms with E-state index in [4.69, 9.17) is 23.7 Å². The fourth-order valence-corrected chi connectivity index (χ4v) is 8.54. The number of non-ortho nitro benzene ring substituents is 1. The molecule has 1 aromatic carbocycles. The summed E-state index contributed by atoms with van der Waals surface area (Å²) < 4.78 is 32.3. The summed E-state index contributed by atoms with van der Waals surface area (Å²) in [5.74, 6) is -2.21. The lowest BCUT2D eigenvalue weighted by Gasteiger charge is -2.50. The van der Waals surface area contributed by atoms with E-state index >= 15 is 0 Å². The van der Waals surface area contributed by atoms with Gasteiger partial charge in [0.2, 0.25) is 0 Å². The third-order valence-corrected chi connectivity index (χ3v) is 11.6. The van der Waals surface area contributed by atoms with Crippen molar-refractivity contribution in [3.8, 4) is 0 Å². The van der Waals surface area contributed by atoms with Crippen molar-refractivity contribution in [2.45, 2.75) is 128 Å². The second-order valence-electron chi connectivity index (χ2n) is 15.2. The van der Waals surface area contributed by atoms with Crippen LogP contribution in [0.3, 0.4) is 0 Å². The molecule has 4 heterocycles. The van der Waals surface area contributed by atoms with E-state index in [0.717, 1.165) is 24.0 Å². The second kappa shape index (κ2) is 15.4. The van der Waals surface area contributed by atoms with Gasteiger partial charge in [-0.1, -0.05) is 63.3 Å². The van der Waals surface area contributed by atoms with E-state index in [-0.39, 0.29) is 36.5 Å². The molecule has 11 heteroatoms. The molecule has 4 aliphatic heterocycles. The van der Waals surface area contributed by atoms with Crippen molar-refractivity contribution >= 4 is 11.7 Å². The number of carbonyl (C=O) groups excluding carboxylic acids is 1. The van der Waals surface area contributed by atoms with Gasteiger partial charge in [0.25, 0.3) is 5.69 Å². The maximum absolute atomic E-state index is 14.1. The highest BCUT2D eigenvalue weighted by Gasteiger charge is 2.60. The predicted molar refractivity (Wildman–Crippen MR) is 190 cm³/mol. The van der Waals surface area contributed by atoms with Crippen LogP contribution in [0.1, 0.15) is 78.7 Å². The van der Waals surface area contributed by atoms with Gasteiger partial charge in [-0.25, -0.2) is 0 Å². The van der Waals surface area contributed by atoms with Crippen LogP contribution < -0.4 is 0 Å². The first-order valence-electron chi connectivity index (χ1n) is 18.5. The highest BCUT2D eigenvalue weighted by atomic mass is 16.7. The van der Waals surface area contributed by atoms with Crippen molar-refractivity contribution < 1.29 is 43.6 Å². The summed E-state index contributed by atoms with van der Waals surface area (Å²) in [5, 5.41) is 34.4. The molecule has 6 rings (SSSR count). The number of nitro benzene ring substituents is 1. The van der Waals surface area contributed by atoms with Crippen molar-refractivity contribution in [3.05, 3.63) is 87.0 Å². The third kappa shape index (κ3) is 7.79. The van der Waals surface area contributed by atoms with Gasteiger partial charge in [-0.15, -0.1) is 0 Å². The Morgan fingerprint density at radius 1 is 1.10 bits per heavy atom. The molecule has 51 heavy (non-hydrogen) atoms. The molecule has 0 radical (unpaired) electrons. The van der Waals surface area contributed by atoms with Gasteiger partial charge in [0, 0.05) is 37.3 Å². The molecule has 0 unspecified atom stereocenters. The van der Waals surface area contributed by atoms with Crippen LogP contribution in [0.25, 0.3) is 0 Å². The van der Waals surface area contributed by atoms with Crippen molar-refractivity contribution in [1.29, 1.82) is 0 Å². The number of nitrogens with zero attached hydrogens (tertiary/aromatic N) is 1. The predicted octanol–water partition coefficient (Wildman–Crippen LogP) is 6.07. The third-order valence-electron chi connectivity index (χ3n) is 11.6. The number of carbonyl (C=O) groups is 1. The Labute approximate surface area is 300 Å². The Kier molecular flexibility index (Phi) is 11.4. The Bertz CT molecular complexity index is 1570. The van der Waals surface area contributed by atoms with Gasteiger partial charge in [0.15, 0.2) is 5.79 Å². The second-order valence-corrected chi connectivity index (χ2v) is 15.2. The van der Waals surface area contributed by atoms with Gasteiger partial charge >= 0.3 is 5.97 Å². The number of hydrogen-bond donors (Lipinski definition) is 2. The van der Waals surface area contributed by atoms with Crippen molar-refractivity contribution in [2.75, 3.05) is 13.2 Å². The van der Waals surface area contributed by atoms with E-state index < -0.39 is 46.5 Å². The first-order chi connectivity index (χ1) is 24.3. The Morgan fingerprint density at radius 2 is 1.86 bits per heavy atom. The molecular weight excluding hydrogens is 654 g/mol. The minimum atomic E-state index is -1.79. The molecule has 3 fully saturated rings. The highest BCUT2D eigenvalue weighted by molar-refractivity contribution is 5.78. The zero-order chi connectivity index (χ0) is 36.5. The zero-order valence-electron chi connectivity index (χ0n) is 30.4. The Hall–Kier alpha value is -3.19. The molecule has 3 saturated heterocycles. The normalized spacial score (nSPS) is 41.4. The molecule has 1 aromatic rings. The summed E-state index contributed by atoms with van der Waals surface area (Å²) in [4.78, 5) is 24.8. The van der Waals surface area contributed by atoms with Crippen LogP contribution in [-0.4, -0.2) is 82.3 Å². The summed E-state index contributed by atoms with van der Waals surface area (Å²) in [6.45, 7) is 10.6. The van der Waals surface area contributed by atoms with E-state index in [1.807, 2.05) is 19.1 Å². The van der Waals surface area contributed by atoms with E-state index in [1.165, 1.54) is 12.1 Å². The molecule has 2 bridgehead atoms. The number of esters is 1. The van der Waals surface area contributed by atoms with Crippen molar-refractivity contribution in [1.82, 2.24) is 0 Å². The number of aliphatic hydroxyl groups is 2. The molecule has 2 N–H and O–H groups in total. The lowest BCUT2D eigenvalue weighted by Crippen LogP contribution is -2.58. The number of benzene rings is 1. The van der Waals surface area contributed by atoms with Crippen molar-refractivity contribution in [2.24, 2.45) is 17.8 Å². The van der Waals surface area contributed by atoms with Crippen LogP contribution in [0.15, 0.2) is 71.4 Å². The summed E-state index contributed by atoms with van der Waals surface area (Å²) in [6.07, 6.45) is 10.7. The van der Waals surface area contributed by atoms with Crippen LogP contribution in [0.4, 0.5) is 5.69 Å². The number of hydrogen-bond acceptors (Lipinski definition) is 10.